The first-order valence-electron chi connectivity index (χ1n) is 6.64. The van der Waals surface area contributed by atoms with Gasteiger partial charge < -0.3 is 9.90 Å². The standard InChI is InChI=1S/C17H12ClNO2S.Na/c18-13-7-5-11(6-8-13)9-12(10-16(20)21)17-19-14-3-1-2-4-15(14)22-17;/h1-9H,10H2,(H,20,21);/q;+1/p-1/b12-9+;. The number of aliphatic carboxylic acids is 1. The number of hydrogen-bond donors (Lipinski definition) is 0. The van der Waals surface area contributed by atoms with Crippen LogP contribution in [0.1, 0.15) is 17.0 Å². The zero-order chi connectivity index (χ0) is 15.5. The van der Waals surface area contributed by atoms with Gasteiger partial charge in [-0.05, 0) is 41.5 Å². The number of nitrogens with zero attached hydrogens (tertiary/aromatic N) is 1. The molecule has 3 aromatic rings. The molecule has 0 saturated heterocycles. The van der Waals surface area contributed by atoms with Crippen molar-refractivity contribution in [3.63, 3.8) is 0 Å². The van der Waals surface area contributed by atoms with Crippen LogP contribution in [0.15, 0.2) is 48.5 Å². The van der Waals surface area contributed by atoms with E-state index in [0.717, 1.165) is 15.8 Å². The van der Waals surface area contributed by atoms with E-state index in [9.17, 15) is 9.90 Å². The summed E-state index contributed by atoms with van der Waals surface area (Å²) in [6.07, 6.45) is 1.63. The van der Waals surface area contributed by atoms with Gasteiger partial charge in [-0.3, -0.25) is 0 Å². The number of carboxylic acid groups (broad SMARTS) is 1. The van der Waals surface area contributed by atoms with Crippen molar-refractivity contribution in [1.29, 1.82) is 0 Å². The molecule has 0 fully saturated rings. The van der Waals surface area contributed by atoms with Crippen LogP contribution < -0.4 is 34.7 Å². The number of benzene rings is 2. The van der Waals surface area contributed by atoms with Gasteiger partial charge in [0.2, 0.25) is 0 Å². The molecule has 6 heteroatoms. The normalized spacial score (nSPS) is 11.3. The minimum Gasteiger partial charge on any atom is -0.550 e. The zero-order valence-electron chi connectivity index (χ0n) is 12.5. The van der Waals surface area contributed by atoms with Crippen LogP contribution >= 0.6 is 22.9 Å². The molecule has 0 saturated carbocycles. The molecule has 23 heavy (non-hydrogen) atoms. The number of para-hydroxylation sites is 1. The summed E-state index contributed by atoms with van der Waals surface area (Å²) in [5.74, 6) is -1.13. The predicted molar refractivity (Wildman–Crippen MR) is 88.6 cm³/mol. The van der Waals surface area contributed by atoms with Gasteiger partial charge in [0.1, 0.15) is 5.01 Å². The van der Waals surface area contributed by atoms with Crippen molar-refractivity contribution in [3.8, 4) is 0 Å². The van der Waals surface area contributed by atoms with Crippen LogP contribution in [0.3, 0.4) is 0 Å². The van der Waals surface area contributed by atoms with Crippen molar-refractivity contribution in [3.05, 3.63) is 64.1 Å². The molecule has 110 valence electrons. The molecule has 3 nitrogen and oxygen atoms in total. The van der Waals surface area contributed by atoms with Gasteiger partial charge in [-0.2, -0.15) is 0 Å². The Morgan fingerprint density at radius 2 is 1.87 bits per heavy atom. The number of fused-ring (bicyclic) bond motifs is 1. The Labute approximate surface area is 164 Å². The van der Waals surface area contributed by atoms with Crippen LogP contribution in [0.4, 0.5) is 0 Å². The van der Waals surface area contributed by atoms with Crippen LogP contribution in [-0.2, 0) is 4.79 Å². The second-order valence-electron chi connectivity index (χ2n) is 4.76. The average molecular weight is 352 g/mol. The molecule has 3 rings (SSSR count). The van der Waals surface area contributed by atoms with Crippen LogP contribution in [-0.4, -0.2) is 11.0 Å². The minimum absolute atomic E-state index is 0. The van der Waals surface area contributed by atoms with Gasteiger partial charge in [-0.25, -0.2) is 4.98 Å². The van der Waals surface area contributed by atoms with E-state index in [1.165, 1.54) is 11.3 Å². The van der Waals surface area contributed by atoms with E-state index in [1.54, 1.807) is 12.1 Å². The summed E-state index contributed by atoms with van der Waals surface area (Å²) in [7, 11) is 0. The Kier molecular flexibility index (Phi) is 6.39. The summed E-state index contributed by atoms with van der Waals surface area (Å²) in [6.45, 7) is 0. The zero-order valence-corrected chi connectivity index (χ0v) is 16.0. The van der Waals surface area contributed by atoms with Crippen molar-refractivity contribution in [2.24, 2.45) is 0 Å². The average Bonchev–Trinajstić information content (AvgIpc) is 2.92. The van der Waals surface area contributed by atoms with Crippen LogP contribution in [0.2, 0.25) is 5.02 Å². The van der Waals surface area contributed by atoms with E-state index in [-0.39, 0.29) is 36.0 Å². The van der Waals surface area contributed by atoms with Gasteiger partial charge >= 0.3 is 29.6 Å². The number of thiazole rings is 1. The summed E-state index contributed by atoms with van der Waals surface area (Å²) in [6, 6.07) is 14.9. The molecule has 0 aliphatic heterocycles. The Morgan fingerprint density at radius 3 is 2.52 bits per heavy atom. The Hall–Kier alpha value is -1.17. The summed E-state index contributed by atoms with van der Waals surface area (Å²) in [5.41, 5.74) is 2.37. The van der Waals surface area contributed by atoms with E-state index >= 15 is 0 Å². The molecule has 1 aromatic heterocycles. The molecule has 1 heterocycles. The van der Waals surface area contributed by atoms with Crippen molar-refractivity contribution >= 4 is 50.8 Å². The number of carboxylic acids is 1. The van der Waals surface area contributed by atoms with Crippen molar-refractivity contribution in [2.45, 2.75) is 6.42 Å². The summed E-state index contributed by atoms with van der Waals surface area (Å²) in [5, 5.41) is 12.4. The Bertz CT molecular complexity index is 825. The SMILES string of the molecule is O=C([O-])C/C(=C\c1ccc(Cl)cc1)c1nc2ccccc2s1.[Na+]. The predicted octanol–water partition coefficient (Wildman–Crippen LogP) is 0.634. The van der Waals surface area contributed by atoms with Crippen LogP contribution in [0, 0.1) is 0 Å². The molecular weight excluding hydrogens is 341 g/mol. The van der Waals surface area contributed by atoms with Crippen molar-refractivity contribution in [2.75, 3.05) is 0 Å². The fraction of sp³-hybridized carbons (Fsp3) is 0.0588. The third-order valence-electron chi connectivity index (χ3n) is 3.11. The first-order chi connectivity index (χ1) is 10.6. The number of aromatic nitrogens is 1. The molecule has 0 bridgehead atoms. The van der Waals surface area contributed by atoms with E-state index in [2.05, 4.69) is 4.98 Å². The first kappa shape index (κ1) is 18.2. The quantitative estimate of drug-likeness (QED) is 0.648. The molecule has 0 radical (unpaired) electrons. The van der Waals surface area contributed by atoms with Gasteiger partial charge in [0.05, 0.1) is 10.2 Å². The second kappa shape index (κ2) is 8.08. The minimum atomic E-state index is -1.13. The molecule has 2 aromatic carbocycles. The number of hydrogen-bond acceptors (Lipinski definition) is 4. The molecular formula is C17H11ClNNaO2S. The Balaban J connectivity index is 0.00000192. The molecule has 0 N–H and O–H groups in total. The second-order valence-corrected chi connectivity index (χ2v) is 6.22. The van der Waals surface area contributed by atoms with Gasteiger partial charge in [-0.1, -0.05) is 35.9 Å². The van der Waals surface area contributed by atoms with E-state index in [4.69, 9.17) is 11.6 Å². The van der Waals surface area contributed by atoms with Crippen molar-refractivity contribution < 1.29 is 39.5 Å². The Morgan fingerprint density at radius 1 is 1.17 bits per heavy atom. The van der Waals surface area contributed by atoms with Crippen LogP contribution in [0.5, 0.6) is 0 Å². The van der Waals surface area contributed by atoms with E-state index in [0.29, 0.717) is 15.6 Å². The number of carbonyl (C=O) groups is 1. The van der Waals surface area contributed by atoms with Gasteiger partial charge in [0.15, 0.2) is 0 Å². The topological polar surface area (TPSA) is 53.0 Å². The summed E-state index contributed by atoms with van der Waals surface area (Å²) in [4.78, 5) is 15.6. The van der Waals surface area contributed by atoms with Crippen LogP contribution in [0.25, 0.3) is 21.9 Å². The van der Waals surface area contributed by atoms with Crippen molar-refractivity contribution in [1.82, 2.24) is 4.98 Å². The van der Waals surface area contributed by atoms with Gasteiger partial charge in [0.25, 0.3) is 0 Å². The fourth-order valence-corrected chi connectivity index (χ4v) is 3.22. The number of carbonyl (C=O) groups excluding carboxylic acids is 1. The maximum absolute atomic E-state index is 11.0. The summed E-state index contributed by atoms with van der Waals surface area (Å²) >= 11 is 7.34. The fourth-order valence-electron chi connectivity index (χ4n) is 2.11. The maximum atomic E-state index is 11.0. The molecule has 0 unspecified atom stereocenters. The van der Waals surface area contributed by atoms with E-state index < -0.39 is 5.97 Å². The third-order valence-corrected chi connectivity index (χ3v) is 4.48. The monoisotopic (exact) mass is 351 g/mol. The third kappa shape index (κ3) is 4.66. The maximum Gasteiger partial charge on any atom is 1.00 e. The molecule has 0 atom stereocenters. The largest absolute Gasteiger partial charge is 1.00 e. The number of halogens is 1. The van der Waals surface area contributed by atoms with Gasteiger partial charge in [-0.15, -0.1) is 11.3 Å². The molecule has 0 aliphatic rings. The van der Waals surface area contributed by atoms with E-state index in [1.807, 2.05) is 42.5 Å². The molecule has 0 spiro atoms. The summed E-state index contributed by atoms with van der Waals surface area (Å²) < 4.78 is 1.03. The molecule has 0 aliphatic carbocycles. The molecule has 0 amide bonds. The number of rotatable bonds is 4. The van der Waals surface area contributed by atoms with Gasteiger partial charge in [0, 0.05) is 17.4 Å². The first-order valence-corrected chi connectivity index (χ1v) is 7.83. The smallest absolute Gasteiger partial charge is 0.550 e.